The Hall–Kier alpha value is -0.0800. The molecule has 0 bridgehead atoms. The van der Waals surface area contributed by atoms with Crippen LogP contribution < -0.4 is 5.73 Å². The fourth-order valence-electron chi connectivity index (χ4n) is 1.51. The van der Waals surface area contributed by atoms with Crippen LogP contribution in [0.2, 0.25) is 0 Å². The van der Waals surface area contributed by atoms with E-state index in [1.807, 2.05) is 0 Å². The first-order valence-electron chi connectivity index (χ1n) is 5.55. The number of hydrogen-bond donors (Lipinski definition) is 1. The predicted octanol–water partition coefficient (Wildman–Crippen LogP) is 2.09. The summed E-state index contributed by atoms with van der Waals surface area (Å²) in [6, 6.07) is 0.703. The summed E-state index contributed by atoms with van der Waals surface area (Å²) in [5.74, 6) is 0.756. The van der Waals surface area contributed by atoms with Crippen molar-refractivity contribution in [1.82, 2.24) is 4.90 Å². The molecule has 0 fully saturated rings. The average Bonchev–Trinajstić information content (AvgIpc) is 2.10. The van der Waals surface area contributed by atoms with Gasteiger partial charge in [0, 0.05) is 12.6 Å². The second-order valence-corrected chi connectivity index (χ2v) is 4.29. The molecule has 0 rings (SSSR count). The zero-order valence-electron chi connectivity index (χ0n) is 9.71. The molecule has 0 saturated heterocycles. The van der Waals surface area contributed by atoms with Crippen molar-refractivity contribution in [1.29, 1.82) is 0 Å². The van der Waals surface area contributed by atoms with Crippen LogP contribution in [-0.4, -0.2) is 30.6 Å². The molecule has 0 aliphatic rings. The molecule has 2 heteroatoms. The van der Waals surface area contributed by atoms with Crippen molar-refractivity contribution in [3.05, 3.63) is 0 Å². The maximum atomic E-state index is 5.52. The summed E-state index contributed by atoms with van der Waals surface area (Å²) < 4.78 is 0. The summed E-state index contributed by atoms with van der Waals surface area (Å²) >= 11 is 0. The Bertz CT molecular complexity index is 113. The largest absolute Gasteiger partial charge is 0.330 e. The van der Waals surface area contributed by atoms with Crippen molar-refractivity contribution in [3.8, 4) is 0 Å². The molecule has 1 atom stereocenters. The van der Waals surface area contributed by atoms with E-state index in [0.29, 0.717) is 6.04 Å². The van der Waals surface area contributed by atoms with Gasteiger partial charge in [0.25, 0.3) is 0 Å². The Morgan fingerprint density at radius 3 is 2.23 bits per heavy atom. The van der Waals surface area contributed by atoms with Gasteiger partial charge in [0.05, 0.1) is 0 Å². The molecular weight excluding hydrogens is 160 g/mol. The van der Waals surface area contributed by atoms with Crippen LogP contribution in [0, 0.1) is 5.92 Å². The topological polar surface area (TPSA) is 29.3 Å². The summed E-state index contributed by atoms with van der Waals surface area (Å²) in [5, 5.41) is 0. The van der Waals surface area contributed by atoms with Crippen molar-refractivity contribution >= 4 is 0 Å². The molecule has 0 aromatic heterocycles. The normalized spacial score (nSPS) is 14.1. The minimum atomic E-state index is 0.703. The van der Waals surface area contributed by atoms with E-state index in [1.54, 1.807) is 0 Å². The minimum Gasteiger partial charge on any atom is -0.330 e. The second-order valence-electron chi connectivity index (χ2n) is 4.29. The monoisotopic (exact) mass is 186 g/mol. The van der Waals surface area contributed by atoms with Gasteiger partial charge >= 0.3 is 0 Å². The molecule has 0 radical (unpaired) electrons. The van der Waals surface area contributed by atoms with E-state index < -0.39 is 0 Å². The van der Waals surface area contributed by atoms with Crippen molar-refractivity contribution in [2.24, 2.45) is 11.7 Å². The molecule has 0 heterocycles. The van der Waals surface area contributed by atoms with Gasteiger partial charge in [-0.05, 0) is 38.8 Å². The van der Waals surface area contributed by atoms with Gasteiger partial charge in [-0.2, -0.15) is 0 Å². The van der Waals surface area contributed by atoms with E-state index in [0.717, 1.165) is 25.4 Å². The maximum Gasteiger partial charge on any atom is 0.00644 e. The predicted molar refractivity (Wildman–Crippen MR) is 59.8 cm³/mol. The summed E-state index contributed by atoms with van der Waals surface area (Å²) in [4.78, 5) is 2.55. The highest BCUT2D eigenvalue weighted by molar-refractivity contribution is 4.67. The van der Waals surface area contributed by atoms with Gasteiger partial charge in [-0.3, -0.25) is 0 Å². The molecule has 0 saturated carbocycles. The lowest BCUT2D eigenvalue weighted by atomic mass is 10.1. The van der Waals surface area contributed by atoms with E-state index in [2.05, 4.69) is 32.6 Å². The third kappa shape index (κ3) is 6.05. The lowest BCUT2D eigenvalue weighted by Crippen LogP contribution is -2.37. The molecule has 0 aliphatic carbocycles. The van der Waals surface area contributed by atoms with Crippen molar-refractivity contribution in [3.63, 3.8) is 0 Å². The summed E-state index contributed by atoms with van der Waals surface area (Å²) in [6.45, 7) is 12.3. The molecule has 2 nitrogen and oxygen atoms in total. The number of nitrogens with zero attached hydrogens (tertiary/aromatic N) is 1. The molecule has 0 aromatic rings. The van der Waals surface area contributed by atoms with Gasteiger partial charge in [0.2, 0.25) is 0 Å². The number of hydrogen-bond acceptors (Lipinski definition) is 2. The van der Waals surface area contributed by atoms with E-state index in [4.69, 9.17) is 5.73 Å². The fourth-order valence-corrected chi connectivity index (χ4v) is 1.51. The van der Waals surface area contributed by atoms with Crippen LogP contribution in [0.3, 0.4) is 0 Å². The molecule has 2 N–H and O–H groups in total. The van der Waals surface area contributed by atoms with Gasteiger partial charge in [-0.1, -0.05) is 20.8 Å². The van der Waals surface area contributed by atoms with Crippen LogP contribution in [-0.2, 0) is 0 Å². The van der Waals surface area contributed by atoms with E-state index in [1.165, 1.54) is 13.0 Å². The first-order valence-corrected chi connectivity index (χ1v) is 5.55. The van der Waals surface area contributed by atoms with Gasteiger partial charge in [-0.25, -0.2) is 0 Å². The van der Waals surface area contributed by atoms with E-state index in [9.17, 15) is 0 Å². The number of nitrogens with two attached hydrogens (primary N) is 1. The van der Waals surface area contributed by atoms with Gasteiger partial charge in [0.1, 0.15) is 0 Å². The standard InChI is InChI=1S/C11H26N2/c1-5-11(4)13(8-6-7-12)9-10(2)3/h10-11H,5-9,12H2,1-4H3. The van der Waals surface area contributed by atoms with Crippen LogP contribution in [0.15, 0.2) is 0 Å². The van der Waals surface area contributed by atoms with Gasteiger partial charge < -0.3 is 10.6 Å². The number of rotatable bonds is 7. The molecule has 1 unspecified atom stereocenters. The highest BCUT2D eigenvalue weighted by atomic mass is 15.1. The molecular formula is C11H26N2. The molecule has 0 aliphatic heterocycles. The van der Waals surface area contributed by atoms with Crippen molar-refractivity contribution < 1.29 is 0 Å². The lowest BCUT2D eigenvalue weighted by Gasteiger charge is -2.29. The molecule has 0 amide bonds. The lowest BCUT2D eigenvalue weighted by molar-refractivity contribution is 0.181. The van der Waals surface area contributed by atoms with Crippen molar-refractivity contribution in [2.45, 2.75) is 46.6 Å². The quantitative estimate of drug-likeness (QED) is 0.659. The van der Waals surface area contributed by atoms with Crippen molar-refractivity contribution in [2.75, 3.05) is 19.6 Å². The van der Waals surface area contributed by atoms with Crippen LogP contribution in [0.5, 0.6) is 0 Å². The summed E-state index contributed by atoms with van der Waals surface area (Å²) in [6.07, 6.45) is 2.36. The first kappa shape index (κ1) is 12.9. The first-order chi connectivity index (χ1) is 6.11. The van der Waals surface area contributed by atoms with Crippen LogP contribution in [0.25, 0.3) is 0 Å². The second kappa shape index (κ2) is 7.34. The zero-order valence-corrected chi connectivity index (χ0v) is 9.71. The van der Waals surface area contributed by atoms with Crippen LogP contribution in [0.1, 0.15) is 40.5 Å². The van der Waals surface area contributed by atoms with Gasteiger partial charge in [-0.15, -0.1) is 0 Å². The van der Waals surface area contributed by atoms with E-state index >= 15 is 0 Å². The van der Waals surface area contributed by atoms with Crippen LogP contribution >= 0.6 is 0 Å². The smallest absolute Gasteiger partial charge is 0.00644 e. The Morgan fingerprint density at radius 2 is 1.85 bits per heavy atom. The Kier molecular flexibility index (Phi) is 7.29. The Labute approximate surface area is 83.5 Å². The van der Waals surface area contributed by atoms with Gasteiger partial charge in [0.15, 0.2) is 0 Å². The highest BCUT2D eigenvalue weighted by Gasteiger charge is 2.12. The molecule has 80 valence electrons. The molecule has 0 aromatic carbocycles. The third-order valence-corrected chi connectivity index (χ3v) is 2.46. The van der Waals surface area contributed by atoms with E-state index in [-0.39, 0.29) is 0 Å². The third-order valence-electron chi connectivity index (χ3n) is 2.46. The summed E-state index contributed by atoms with van der Waals surface area (Å²) in [5.41, 5.74) is 5.52. The highest BCUT2D eigenvalue weighted by Crippen LogP contribution is 2.07. The SMILES string of the molecule is CCC(C)N(CCCN)CC(C)C. The molecule has 0 spiro atoms. The fraction of sp³-hybridized carbons (Fsp3) is 1.00. The van der Waals surface area contributed by atoms with Crippen LogP contribution in [0.4, 0.5) is 0 Å². The molecule has 13 heavy (non-hydrogen) atoms. The minimum absolute atomic E-state index is 0.703. The zero-order chi connectivity index (χ0) is 10.3. The Morgan fingerprint density at radius 1 is 1.23 bits per heavy atom. The Balaban J connectivity index is 3.87. The summed E-state index contributed by atoms with van der Waals surface area (Å²) in [7, 11) is 0. The average molecular weight is 186 g/mol. The maximum absolute atomic E-state index is 5.52.